The summed E-state index contributed by atoms with van der Waals surface area (Å²) in [6.07, 6.45) is 3.46. The minimum Gasteiger partial charge on any atom is -0.466 e. The van der Waals surface area contributed by atoms with Crippen LogP contribution in [-0.2, 0) is 22.4 Å². The first-order valence-corrected chi connectivity index (χ1v) is 9.71. The van der Waals surface area contributed by atoms with Gasteiger partial charge in [0.15, 0.2) is 5.16 Å². The van der Waals surface area contributed by atoms with Gasteiger partial charge in [0.05, 0.1) is 18.4 Å². The second-order valence-electron chi connectivity index (χ2n) is 5.81. The van der Waals surface area contributed by atoms with Crippen LogP contribution in [0, 0.1) is 5.92 Å². The second-order valence-corrected chi connectivity index (χ2v) is 7.97. The number of H-pyrrole nitrogens is 1. The number of carbonyl (C=O) groups is 1. The molecule has 0 bridgehead atoms. The monoisotopic (exact) mass is 352 g/mol. The van der Waals surface area contributed by atoms with Crippen LogP contribution in [0.1, 0.15) is 37.1 Å². The van der Waals surface area contributed by atoms with Gasteiger partial charge in [-0.2, -0.15) is 0 Å². The highest BCUT2D eigenvalue weighted by Crippen LogP contribution is 2.36. The molecule has 0 aromatic carbocycles. The van der Waals surface area contributed by atoms with Crippen LogP contribution < -0.4 is 5.56 Å². The largest absolute Gasteiger partial charge is 0.466 e. The summed E-state index contributed by atoms with van der Waals surface area (Å²) in [5.41, 5.74) is 1.14. The quantitative estimate of drug-likeness (QED) is 0.508. The summed E-state index contributed by atoms with van der Waals surface area (Å²) in [6, 6.07) is 0. The fraction of sp³-hybridized carbons (Fsp3) is 0.562. The number of nitrogens with one attached hydrogen (secondary N) is 1. The molecule has 1 aliphatic carbocycles. The van der Waals surface area contributed by atoms with E-state index < -0.39 is 0 Å². The van der Waals surface area contributed by atoms with Crippen molar-refractivity contribution in [2.75, 3.05) is 12.4 Å². The Morgan fingerprint density at radius 2 is 2.35 bits per heavy atom. The third-order valence-corrected chi connectivity index (χ3v) is 6.02. The molecule has 0 fully saturated rings. The van der Waals surface area contributed by atoms with E-state index in [0.717, 1.165) is 29.5 Å². The van der Waals surface area contributed by atoms with Gasteiger partial charge in [-0.25, -0.2) is 4.98 Å². The van der Waals surface area contributed by atoms with Gasteiger partial charge in [0, 0.05) is 10.6 Å². The Balaban J connectivity index is 1.79. The van der Waals surface area contributed by atoms with E-state index in [1.807, 2.05) is 0 Å². The number of fused-ring (bicyclic) bond motifs is 3. The molecule has 2 aromatic heterocycles. The van der Waals surface area contributed by atoms with E-state index in [4.69, 9.17) is 4.74 Å². The van der Waals surface area contributed by atoms with E-state index in [1.54, 1.807) is 18.3 Å². The van der Waals surface area contributed by atoms with Gasteiger partial charge in [-0.15, -0.1) is 11.3 Å². The fourth-order valence-corrected chi connectivity index (χ4v) is 5.09. The third kappa shape index (κ3) is 3.61. The number of thiophene rings is 1. The van der Waals surface area contributed by atoms with Crippen LogP contribution in [-0.4, -0.2) is 28.3 Å². The molecular formula is C16H20N2O3S2. The summed E-state index contributed by atoms with van der Waals surface area (Å²) < 4.78 is 4.90. The van der Waals surface area contributed by atoms with Gasteiger partial charge >= 0.3 is 5.97 Å². The molecule has 3 rings (SSSR count). The molecule has 0 aliphatic heterocycles. The number of hydrogen-bond acceptors (Lipinski definition) is 6. The summed E-state index contributed by atoms with van der Waals surface area (Å²) in [5, 5.41) is 1.35. The van der Waals surface area contributed by atoms with Crippen molar-refractivity contribution in [1.29, 1.82) is 0 Å². The molecule has 7 heteroatoms. The molecule has 124 valence electrons. The van der Waals surface area contributed by atoms with Crippen molar-refractivity contribution in [2.24, 2.45) is 5.92 Å². The van der Waals surface area contributed by atoms with Crippen LogP contribution in [0.3, 0.4) is 0 Å². The maximum Gasteiger partial charge on any atom is 0.306 e. The number of ether oxygens (including phenoxy) is 1. The molecule has 0 saturated heterocycles. The molecule has 0 radical (unpaired) electrons. The molecule has 23 heavy (non-hydrogen) atoms. The lowest BCUT2D eigenvalue weighted by Crippen LogP contribution is -2.13. The minimum absolute atomic E-state index is 0.0549. The Kier molecular flexibility index (Phi) is 5.06. The van der Waals surface area contributed by atoms with E-state index in [1.165, 1.54) is 22.2 Å². The molecule has 2 heterocycles. The zero-order valence-electron chi connectivity index (χ0n) is 13.3. The van der Waals surface area contributed by atoms with Gasteiger partial charge in [-0.05, 0) is 37.7 Å². The van der Waals surface area contributed by atoms with E-state index >= 15 is 0 Å². The first-order chi connectivity index (χ1) is 11.1. The highest BCUT2D eigenvalue weighted by atomic mass is 32.2. The molecule has 1 aliphatic rings. The lowest BCUT2D eigenvalue weighted by atomic mass is 9.89. The normalized spacial score (nSPS) is 17.2. The van der Waals surface area contributed by atoms with Crippen LogP contribution in [0.5, 0.6) is 0 Å². The smallest absolute Gasteiger partial charge is 0.306 e. The maximum absolute atomic E-state index is 12.4. The van der Waals surface area contributed by atoms with Crippen molar-refractivity contribution in [3.05, 3.63) is 20.8 Å². The standard InChI is InChI=1S/C16H20N2O3S2/c1-3-21-12(19)6-7-22-16-17-14(20)13-10-5-4-9(2)8-11(10)23-15(13)18-16/h9H,3-8H2,1-2H3,(H,17,18,20). The topological polar surface area (TPSA) is 72.0 Å². The number of hydrogen-bond donors (Lipinski definition) is 1. The highest BCUT2D eigenvalue weighted by molar-refractivity contribution is 7.99. The number of thioether (sulfide) groups is 1. The number of aryl methyl sites for hydroxylation is 1. The summed E-state index contributed by atoms with van der Waals surface area (Å²) in [7, 11) is 0. The van der Waals surface area contributed by atoms with Crippen molar-refractivity contribution in [1.82, 2.24) is 9.97 Å². The van der Waals surface area contributed by atoms with E-state index in [-0.39, 0.29) is 11.5 Å². The van der Waals surface area contributed by atoms with Gasteiger partial charge in [0.1, 0.15) is 4.83 Å². The summed E-state index contributed by atoms with van der Waals surface area (Å²) in [5.74, 6) is 1.01. The van der Waals surface area contributed by atoms with E-state index in [2.05, 4.69) is 16.9 Å². The Hall–Kier alpha value is -1.34. The number of nitrogens with zero attached hydrogens (tertiary/aromatic N) is 1. The molecule has 0 spiro atoms. The molecule has 0 amide bonds. The zero-order chi connectivity index (χ0) is 16.4. The van der Waals surface area contributed by atoms with Crippen LogP contribution in [0.15, 0.2) is 9.95 Å². The Morgan fingerprint density at radius 1 is 1.52 bits per heavy atom. The number of carbonyl (C=O) groups excluding carboxylic acids is 1. The maximum atomic E-state index is 12.4. The average Bonchev–Trinajstić information content (AvgIpc) is 2.85. The van der Waals surface area contributed by atoms with Gasteiger partial charge in [-0.1, -0.05) is 18.7 Å². The SMILES string of the molecule is CCOC(=O)CCSc1nc2sc3c(c2c(=O)[nH]1)CCC(C)C3. The van der Waals surface area contributed by atoms with E-state index in [0.29, 0.717) is 29.9 Å². The van der Waals surface area contributed by atoms with E-state index in [9.17, 15) is 9.59 Å². The minimum atomic E-state index is -0.219. The van der Waals surface area contributed by atoms with Crippen molar-refractivity contribution in [2.45, 2.75) is 44.7 Å². The lowest BCUT2D eigenvalue weighted by Gasteiger charge is -2.17. The van der Waals surface area contributed by atoms with Crippen molar-refractivity contribution < 1.29 is 9.53 Å². The lowest BCUT2D eigenvalue weighted by molar-refractivity contribution is -0.142. The molecule has 1 N–H and O–H groups in total. The Morgan fingerprint density at radius 3 is 3.13 bits per heavy atom. The molecule has 2 aromatic rings. The first kappa shape index (κ1) is 16.5. The average molecular weight is 352 g/mol. The van der Waals surface area contributed by atoms with Crippen LogP contribution >= 0.6 is 23.1 Å². The Bertz CT molecular complexity index is 781. The molecular weight excluding hydrogens is 332 g/mol. The summed E-state index contributed by atoms with van der Waals surface area (Å²) in [4.78, 5) is 33.3. The second kappa shape index (κ2) is 7.05. The summed E-state index contributed by atoms with van der Waals surface area (Å²) in [6.45, 7) is 4.43. The molecule has 5 nitrogen and oxygen atoms in total. The zero-order valence-corrected chi connectivity index (χ0v) is 14.9. The predicted octanol–water partition coefficient (Wildman–Crippen LogP) is 3.15. The van der Waals surface area contributed by atoms with Crippen LogP contribution in [0.4, 0.5) is 0 Å². The van der Waals surface area contributed by atoms with Gasteiger partial charge in [0.2, 0.25) is 0 Å². The fourth-order valence-electron chi connectivity index (χ4n) is 2.86. The molecule has 1 atom stereocenters. The number of aromatic amines is 1. The highest BCUT2D eigenvalue weighted by Gasteiger charge is 2.23. The molecule has 1 unspecified atom stereocenters. The van der Waals surface area contributed by atoms with Gasteiger partial charge in [0.25, 0.3) is 5.56 Å². The van der Waals surface area contributed by atoms with Gasteiger partial charge < -0.3 is 9.72 Å². The Labute approximate surface area is 142 Å². The summed E-state index contributed by atoms with van der Waals surface area (Å²) >= 11 is 3.03. The number of esters is 1. The molecule has 0 saturated carbocycles. The van der Waals surface area contributed by atoms with Crippen LogP contribution in [0.2, 0.25) is 0 Å². The van der Waals surface area contributed by atoms with Crippen LogP contribution in [0.25, 0.3) is 10.2 Å². The van der Waals surface area contributed by atoms with Crippen molar-refractivity contribution >= 4 is 39.3 Å². The van der Waals surface area contributed by atoms with Crippen molar-refractivity contribution in [3.63, 3.8) is 0 Å². The first-order valence-electron chi connectivity index (χ1n) is 7.91. The number of rotatable bonds is 5. The number of aromatic nitrogens is 2. The predicted molar refractivity (Wildman–Crippen MR) is 93.4 cm³/mol. The third-order valence-electron chi connectivity index (χ3n) is 3.99. The van der Waals surface area contributed by atoms with Crippen molar-refractivity contribution in [3.8, 4) is 0 Å². The van der Waals surface area contributed by atoms with Gasteiger partial charge in [-0.3, -0.25) is 9.59 Å².